The van der Waals surface area contributed by atoms with Crippen LogP contribution in [0.1, 0.15) is 66.7 Å². The third-order valence-electron chi connectivity index (χ3n) is 5.46. The molecule has 19 heavy (non-hydrogen) atoms. The summed E-state index contributed by atoms with van der Waals surface area (Å²) < 4.78 is 0. The molecule has 0 amide bonds. The van der Waals surface area contributed by atoms with Gasteiger partial charge in [0.1, 0.15) is 0 Å². The van der Waals surface area contributed by atoms with Crippen LogP contribution in [-0.4, -0.2) is 36.6 Å². The SMILES string of the molecule is CC.CC.CC1CC2(CN3CC4(CCC4)C3)CC2N1. The lowest BCUT2D eigenvalue weighted by molar-refractivity contribution is -0.0687. The summed E-state index contributed by atoms with van der Waals surface area (Å²) in [6, 6.07) is 1.66. The quantitative estimate of drug-likeness (QED) is 0.820. The van der Waals surface area contributed by atoms with E-state index >= 15 is 0 Å². The Bertz CT molecular complexity index is 290. The molecule has 3 atom stereocenters. The first-order chi connectivity index (χ1) is 9.20. The molecule has 1 N–H and O–H groups in total. The van der Waals surface area contributed by atoms with Crippen LogP contribution in [0.5, 0.6) is 0 Å². The number of rotatable bonds is 2. The van der Waals surface area contributed by atoms with Crippen molar-refractivity contribution in [1.29, 1.82) is 0 Å². The summed E-state index contributed by atoms with van der Waals surface area (Å²) in [5.41, 5.74) is 1.53. The Labute approximate surface area is 120 Å². The third-order valence-corrected chi connectivity index (χ3v) is 5.46. The summed E-state index contributed by atoms with van der Waals surface area (Å²) in [7, 11) is 0. The van der Waals surface area contributed by atoms with Crippen molar-refractivity contribution in [1.82, 2.24) is 10.2 Å². The first-order valence-corrected chi connectivity index (χ1v) is 8.68. The Hall–Kier alpha value is -0.0800. The van der Waals surface area contributed by atoms with Crippen molar-refractivity contribution in [3.05, 3.63) is 0 Å². The van der Waals surface area contributed by atoms with E-state index in [-0.39, 0.29) is 0 Å². The number of hydrogen-bond donors (Lipinski definition) is 1. The molecule has 4 aliphatic rings. The van der Waals surface area contributed by atoms with Crippen molar-refractivity contribution in [3.8, 4) is 0 Å². The molecule has 4 fully saturated rings. The topological polar surface area (TPSA) is 15.3 Å². The van der Waals surface area contributed by atoms with E-state index in [1.165, 1.54) is 51.7 Å². The highest BCUT2D eigenvalue weighted by Gasteiger charge is 2.61. The highest BCUT2D eigenvalue weighted by atomic mass is 15.2. The molecule has 0 aromatic heterocycles. The van der Waals surface area contributed by atoms with Crippen LogP contribution in [0.2, 0.25) is 0 Å². The zero-order valence-electron chi connectivity index (χ0n) is 13.8. The number of hydrogen-bond acceptors (Lipinski definition) is 2. The van der Waals surface area contributed by atoms with Gasteiger partial charge in [-0.25, -0.2) is 0 Å². The van der Waals surface area contributed by atoms with Gasteiger partial charge in [-0.15, -0.1) is 0 Å². The number of nitrogens with zero attached hydrogens (tertiary/aromatic N) is 1. The van der Waals surface area contributed by atoms with E-state index in [2.05, 4.69) is 17.1 Å². The molecule has 4 rings (SSSR count). The Morgan fingerprint density at radius 1 is 1.05 bits per heavy atom. The Kier molecular flexibility index (Phi) is 4.62. The molecule has 0 radical (unpaired) electrons. The van der Waals surface area contributed by atoms with Crippen molar-refractivity contribution in [3.63, 3.8) is 0 Å². The maximum absolute atomic E-state index is 3.71. The largest absolute Gasteiger partial charge is 0.311 e. The molecule has 1 spiro atoms. The van der Waals surface area contributed by atoms with Gasteiger partial charge in [0.2, 0.25) is 0 Å². The van der Waals surface area contributed by atoms with Gasteiger partial charge in [0.25, 0.3) is 0 Å². The molecule has 0 aromatic carbocycles. The molecule has 3 unspecified atom stereocenters. The number of fused-ring (bicyclic) bond motifs is 1. The van der Waals surface area contributed by atoms with E-state index in [1.54, 1.807) is 0 Å². The number of piperidine rings is 1. The highest BCUT2D eigenvalue weighted by Crippen LogP contribution is 2.57. The van der Waals surface area contributed by atoms with Crippen molar-refractivity contribution < 1.29 is 0 Å². The molecule has 2 saturated heterocycles. The fourth-order valence-electron chi connectivity index (χ4n) is 4.51. The van der Waals surface area contributed by atoms with Crippen LogP contribution >= 0.6 is 0 Å². The van der Waals surface area contributed by atoms with Gasteiger partial charge in [0.05, 0.1) is 0 Å². The summed E-state index contributed by atoms with van der Waals surface area (Å²) in [6.45, 7) is 14.6. The first kappa shape index (κ1) is 15.3. The molecular formula is C17H34N2. The summed E-state index contributed by atoms with van der Waals surface area (Å²) >= 11 is 0. The second kappa shape index (κ2) is 5.73. The van der Waals surface area contributed by atoms with Gasteiger partial charge in [0, 0.05) is 37.1 Å². The fraction of sp³-hybridized carbons (Fsp3) is 1.00. The van der Waals surface area contributed by atoms with Crippen molar-refractivity contribution in [2.24, 2.45) is 10.8 Å². The maximum atomic E-state index is 3.71. The van der Waals surface area contributed by atoms with Crippen LogP contribution in [0.3, 0.4) is 0 Å². The molecule has 112 valence electrons. The lowest BCUT2D eigenvalue weighted by Gasteiger charge is -2.57. The van der Waals surface area contributed by atoms with E-state index < -0.39 is 0 Å². The molecule has 2 heterocycles. The summed E-state index contributed by atoms with van der Waals surface area (Å²) in [5.74, 6) is 0. The van der Waals surface area contributed by atoms with Gasteiger partial charge in [-0.2, -0.15) is 0 Å². The van der Waals surface area contributed by atoms with E-state index in [9.17, 15) is 0 Å². The molecule has 2 nitrogen and oxygen atoms in total. The number of nitrogens with one attached hydrogen (secondary N) is 1. The molecule has 2 aliphatic heterocycles. The second-order valence-corrected chi connectivity index (χ2v) is 6.89. The first-order valence-electron chi connectivity index (χ1n) is 8.68. The lowest BCUT2D eigenvalue weighted by atomic mass is 9.63. The van der Waals surface area contributed by atoms with Gasteiger partial charge in [-0.1, -0.05) is 34.1 Å². The second-order valence-electron chi connectivity index (χ2n) is 6.89. The Balaban J connectivity index is 0.000000308. The predicted molar refractivity (Wildman–Crippen MR) is 83.5 cm³/mol. The van der Waals surface area contributed by atoms with Gasteiger partial charge in [-0.05, 0) is 38.0 Å². The smallest absolute Gasteiger partial charge is 0.0146 e. The zero-order valence-corrected chi connectivity index (χ0v) is 13.8. The van der Waals surface area contributed by atoms with Gasteiger partial charge >= 0.3 is 0 Å². The fourth-order valence-corrected chi connectivity index (χ4v) is 4.51. The van der Waals surface area contributed by atoms with Crippen LogP contribution in [0, 0.1) is 10.8 Å². The molecule has 0 aromatic rings. The normalized spacial score (nSPS) is 40.9. The monoisotopic (exact) mass is 266 g/mol. The number of likely N-dealkylation sites (tertiary alicyclic amines) is 1. The van der Waals surface area contributed by atoms with E-state index in [4.69, 9.17) is 0 Å². The minimum atomic E-state index is 0.713. The van der Waals surface area contributed by atoms with Gasteiger partial charge in [0.15, 0.2) is 0 Å². The van der Waals surface area contributed by atoms with E-state index in [0.29, 0.717) is 5.41 Å². The van der Waals surface area contributed by atoms with Crippen LogP contribution in [0.25, 0.3) is 0 Å². The maximum Gasteiger partial charge on any atom is 0.0146 e. The van der Waals surface area contributed by atoms with Crippen LogP contribution < -0.4 is 5.32 Å². The van der Waals surface area contributed by atoms with E-state index in [0.717, 1.165) is 17.5 Å². The Morgan fingerprint density at radius 2 is 1.68 bits per heavy atom. The molecule has 0 bridgehead atoms. The van der Waals surface area contributed by atoms with Crippen molar-refractivity contribution in [2.75, 3.05) is 19.6 Å². The van der Waals surface area contributed by atoms with Crippen molar-refractivity contribution >= 4 is 0 Å². The highest BCUT2D eigenvalue weighted by molar-refractivity contribution is 5.17. The molecule has 2 saturated carbocycles. The molecule has 2 heteroatoms. The lowest BCUT2D eigenvalue weighted by Crippen LogP contribution is -2.60. The van der Waals surface area contributed by atoms with Crippen LogP contribution in [-0.2, 0) is 0 Å². The minimum Gasteiger partial charge on any atom is -0.311 e. The average molecular weight is 266 g/mol. The minimum absolute atomic E-state index is 0.713. The van der Waals surface area contributed by atoms with Crippen LogP contribution in [0.4, 0.5) is 0 Å². The predicted octanol–water partition coefficient (Wildman–Crippen LogP) is 3.67. The molecular weight excluding hydrogens is 232 g/mol. The van der Waals surface area contributed by atoms with Crippen LogP contribution in [0.15, 0.2) is 0 Å². The van der Waals surface area contributed by atoms with E-state index in [1.807, 2.05) is 27.7 Å². The summed E-state index contributed by atoms with van der Waals surface area (Å²) in [6.07, 6.45) is 7.44. The molecule has 2 aliphatic carbocycles. The third kappa shape index (κ3) is 2.71. The summed E-state index contributed by atoms with van der Waals surface area (Å²) in [5, 5.41) is 3.71. The van der Waals surface area contributed by atoms with Gasteiger partial charge < -0.3 is 10.2 Å². The van der Waals surface area contributed by atoms with Crippen molar-refractivity contribution in [2.45, 2.75) is 78.8 Å². The Morgan fingerprint density at radius 3 is 2.11 bits per heavy atom. The summed E-state index contributed by atoms with van der Waals surface area (Å²) in [4.78, 5) is 2.74. The average Bonchev–Trinajstić information content (AvgIpc) is 2.89. The zero-order chi connectivity index (χ0) is 14.1. The van der Waals surface area contributed by atoms with Gasteiger partial charge in [-0.3, -0.25) is 0 Å². The standard InChI is InChI=1S/C13H22N2.2C2H6/c1-10-5-13(6-11(13)14-10)9-15-7-12(8-15)3-2-4-12;2*1-2/h10-11,14H,2-9H2,1H3;2*1-2H3.